The van der Waals surface area contributed by atoms with E-state index in [0.29, 0.717) is 11.5 Å². The van der Waals surface area contributed by atoms with Gasteiger partial charge in [0.25, 0.3) is 0 Å². The molecule has 0 bridgehead atoms. The Morgan fingerprint density at radius 3 is 2.86 bits per heavy atom. The largest absolute Gasteiger partial charge is 0.309 e. The van der Waals surface area contributed by atoms with Crippen molar-refractivity contribution in [3.05, 3.63) is 41.6 Å². The molecule has 1 heterocycles. The number of nitrogens with one attached hydrogen (secondary N) is 1. The third kappa shape index (κ3) is 3.11. The first-order valence-electron chi connectivity index (χ1n) is 8.15. The van der Waals surface area contributed by atoms with Crippen molar-refractivity contribution in [3.63, 3.8) is 0 Å². The highest BCUT2D eigenvalue weighted by Gasteiger charge is 2.31. The Morgan fingerprint density at radius 1 is 1.24 bits per heavy atom. The van der Waals surface area contributed by atoms with Crippen LogP contribution >= 0.6 is 0 Å². The molecular formula is C19H26N2. The van der Waals surface area contributed by atoms with Gasteiger partial charge in [0.2, 0.25) is 0 Å². The highest BCUT2D eigenvalue weighted by atomic mass is 14.9. The van der Waals surface area contributed by atoms with E-state index in [1.54, 1.807) is 0 Å². The molecule has 1 fully saturated rings. The summed E-state index contributed by atoms with van der Waals surface area (Å²) in [5.74, 6) is 0. The highest BCUT2D eigenvalue weighted by Crippen LogP contribution is 2.35. The Morgan fingerprint density at radius 2 is 2.05 bits per heavy atom. The molecule has 0 amide bonds. The molecule has 3 rings (SSSR count). The van der Waals surface area contributed by atoms with Crippen LogP contribution in [0.15, 0.2) is 30.3 Å². The lowest BCUT2D eigenvalue weighted by molar-refractivity contribution is 0.167. The molecule has 1 unspecified atom stereocenters. The zero-order valence-corrected chi connectivity index (χ0v) is 13.4. The lowest BCUT2D eigenvalue weighted by Gasteiger charge is -2.39. The van der Waals surface area contributed by atoms with E-state index in [0.717, 1.165) is 17.8 Å². The second-order valence-electron chi connectivity index (χ2n) is 7.11. The first kappa shape index (κ1) is 14.5. The molecular weight excluding hydrogens is 256 g/mol. The summed E-state index contributed by atoms with van der Waals surface area (Å²) in [6.07, 6.45) is 5.37. The normalized spacial score (nSPS) is 21.6. The van der Waals surface area contributed by atoms with E-state index in [2.05, 4.69) is 61.4 Å². The molecule has 112 valence electrons. The minimum atomic E-state index is 0.413. The molecule has 0 spiro atoms. The second-order valence-corrected chi connectivity index (χ2v) is 7.11. The lowest BCUT2D eigenvalue weighted by Crippen LogP contribution is -2.43. The molecule has 1 aromatic heterocycles. The van der Waals surface area contributed by atoms with E-state index in [1.165, 1.54) is 36.6 Å². The van der Waals surface area contributed by atoms with Gasteiger partial charge in [-0.05, 0) is 42.9 Å². The average molecular weight is 282 g/mol. The van der Waals surface area contributed by atoms with Crippen LogP contribution < -0.4 is 5.32 Å². The fourth-order valence-corrected chi connectivity index (χ4v) is 3.65. The number of nitrogens with zero attached hydrogens (tertiary/aromatic N) is 1. The molecule has 2 nitrogen and oxygen atoms in total. The number of benzene rings is 1. The van der Waals surface area contributed by atoms with Crippen LogP contribution in [-0.2, 0) is 6.54 Å². The van der Waals surface area contributed by atoms with Gasteiger partial charge in [0.1, 0.15) is 0 Å². The number of para-hydroxylation sites is 1. The number of aryl methyl sites for hydroxylation is 1. The molecule has 21 heavy (non-hydrogen) atoms. The maximum Gasteiger partial charge on any atom is 0.0708 e. The molecule has 1 saturated carbocycles. The molecule has 1 aliphatic rings. The van der Waals surface area contributed by atoms with Crippen molar-refractivity contribution in [1.82, 2.24) is 10.3 Å². The predicted molar refractivity (Wildman–Crippen MR) is 89.4 cm³/mol. The molecule has 2 heteroatoms. The van der Waals surface area contributed by atoms with E-state index >= 15 is 0 Å². The van der Waals surface area contributed by atoms with E-state index < -0.39 is 0 Å². The predicted octanol–water partition coefficient (Wildman–Crippen LogP) is 4.60. The van der Waals surface area contributed by atoms with Crippen LogP contribution in [-0.4, -0.2) is 11.0 Å². The zero-order chi connectivity index (χ0) is 14.9. The minimum absolute atomic E-state index is 0.413. The topological polar surface area (TPSA) is 24.9 Å². The first-order valence-corrected chi connectivity index (χ1v) is 8.15. The molecule has 1 atom stereocenters. The summed E-state index contributed by atoms with van der Waals surface area (Å²) >= 11 is 0. The van der Waals surface area contributed by atoms with Crippen LogP contribution in [0.1, 0.15) is 50.8 Å². The summed E-state index contributed by atoms with van der Waals surface area (Å²) in [7, 11) is 0. The van der Waals surface area contributed by atoms with Gasteiger partial charge in [-0.15, -0.1) is 0 Å². The Bertz CT molecular complexity index is 630. The number of hydrogen-bond acceptors (Lipinski definition) is 2. The van der Waals surface area contributed by atoms with Crippen LogP contribution in [0.3, 0.4) is 0 Å². The molecule has 1 aromatic carbocycles. The maximum absolute atomic E-state index is 4.63. The average Bonchev–Trinajstić information content (AvgIpc) is 2.45. The van der Waals surface area contributed by atoms with Crippen molar-refractivity contribution in [1.29, 1.82) is 0 Å². The minimum Gasteiger partial charge on any atom is -0.309 e. The van der Waals surface area contributed by atoms with Crippen LogP contribution in [0.2, 0.25) is 0 Å². The van der Waals surface area contributed by atoms with Gasteiger partial charge in [-0.2, -0.15) is 0 Å². The van der Waals surface area contributed by atoms with Crippen molar-refractivity contribution >= 4 is 10.9 Å². The summed E-state index contributed by atoms with van der Waals surface area (Å²) in [6.45, 7) is 7.83. The van der Waals surface area contributed by atoms with E-state index in [-0.39, 0.29) is 0 Å². The quantitative estimate of drug-likeness (QED) is 0.889. The number of aromatic nitrogens is 1. The lowest BCUT2D eigenvalue weighted by atomic mass is 9.73. The van der Waals surface area contributed by atoms with Crippen LogP contribution in [0.4, 0.5) is 0 Å². The first-order chi connectivity index (χ1) is 10.1. The zero-order valence-electron chi connectivity index (χ0n) is 13.4. The Labute approximate surface area is 128 Å². The number of fused-ring (bicyclic) bond motifs is 1. The summed E-state index contributed by atoms with van der Waals surface area (Å²) in [6, 6.07) is 11.3. The summed E-state index contributed by atoms with van der Waals surface area (Å²) in [5.41, 5.74) is 4.00. The Balaban J connectivity index is 1.82. The summed E-state index contributed by atoms with van der Waals surface area (Å²) in [4.78, 5) is 4.63. The second kappa shape index (κ2) is 5.76. The van der Waals surface area contributed by atoms with Gasteiger partial charge in [0, 0.05) is 23.7 Å². The molecule has 2 aromatic rings. The highest BCUT2D eigenvalue weighted by molar-refractivity contribution is 5.82. The fourth-order valence-electron chi connectivity index (χ4n) is 3.65. The molecule has 1 N–H and O–H groups in total. The molecule has 1 aliphatic carbocycles. The Hall–Kier alpha value is -1.41. The van der Waals surface area contributed by atoms with Gasteiger partial charge in [0.15, 0.2) is 0 Å². The van der Waals surface area contributed by atoms with Crippen molar-refractivity contribution in [3.8, 4) is 0 Å². The standard InChI is InChI=1S/C19H26N2/c1-14-12-15(16-8-4-5-9-17(16)21-14)13-20-18-10-6-7-11-19(18,2)3/h4-5,8-9,12,18,20H,6-7,10-11,13H2,1-3H3. The summed E-state index contributed by atoms with van der Waals surface area (Å²) < 4.78 is 0. The monoisotopic (exact) mass is 282 g/mol. The number of hydrogen-bond donors (Lipinski definition) is 1. The van der Waals surface area contributed by atoms with Crippen molar-refractivity contribution in [2.75, 3.05) is 0 Å². The van der Waals surface area contributed by atoms with Crippen molar-refractivity contribution < 1.29 is 0 Å². The third-order valence-electron chi connectivity index (χ3n) is 4.98. The van der Waals surface area contributed by atoms with Crippen LogP contribution in [0, 0.1) is 12.3 Å². The van der Waals surface area contributed by atoms with Gasteiger partial charge in [-0.3, -0.25) is 4.98 Å². The summed E-state index contributed by atoms with van der Waals surface area (Å²) in [5, 5.41) is 5.10. The SMILES string of the molecule is Cc1cc(CNC2CCCCC2(C)C)c2ccccc2n1. The van der Waals surface area contributed by atoms with Gasteiger partial charge in [-0.1, -0.05) is 44.9 Å². The van der Waals surface area contributed by atoms with E-state index in [4.69, 9.17) is 0 Å². The fraction of sp³-hybridized carbons (Fsp3) is 0.526. The number of pyridine rings is 1. The smallest absolute Gasteiger partial charge is 0.0708 e. The van der Waals surface area contributed by atoms with Crippen molar-refractivity contribution in [2.24, 2.45) is 5.41 Å². The third-order valence-corrected chi connectivity index (χ3v) is 4.98. The van der Waals surface area contributed by atoms with Gasteiger partial charge in [0.05, 0.1) is 5.52 Å². The Kier molecular flexibility index (Phi) is 3.99. The molecule has 0 radical (unpaired) electrons. The number of rotatable bonds is 3. The maximum atomic E-state index is 4.63. The van der Waals surface area contributed by atoms with E-state index in [9.17, 15) is 0 Å². The molecule has 0 saturated heterocycles. The van der Waals surface area contributed by atoms with E-state index in [1.807, 2.05) is 0 Å². The molecule has 0 aliphatic heterocycles. The van der Waals surface area contributed by atoms with Gasteiger partial charge >= 0.3 is 0 Å². The van der Waals surface area contributed by atoms with Gasteiger partial charge in [-0.25, -0.2) is 0 Å². The van der Waals surface area contributed by atoms with Crippen molar-refractivity contribution in [2.45, 2.75) is 59.0 Å². The van der Waals surface area contributed by atoms with Gasteiger partial charge < -0.3 is 5.32 Å². The van der Waals surface area contributed by atoms with Crippen LogP contribution in [0.5, 0.6) is 0 Å². The van der Waals surface area contributed by atoms with Crippen LogP contribution in [0.25, 0.3) is 10.9 Å².